The van der Waals surface area contributed by atoms with Crippen LogP contribution in [0.4, 0.5) is 0 Å². The van der Waals surface area contributed by atoms with E-state index in [4.69, 9.17) is 15.3 Å². The van der Waals surface area contributed by atoms with Crippen molar-refractivity contribution in [3.63, 3.8) is 0 Å². The first-order valence-electron chi connectivity index (χ1n) is 6.09. The maximum absolute atomic E-state index is 5.95. The Morgan fingerprint density at radius 1 is 1.42 bits per heavy atom. The van der Waals surface area contributed by atoms with Crippen LogP contribution >= 0.6 is 11.3 Å². The van der Waals surface area contributed by atoms with Crippen molar-refractivity contribution in [2.75, 3.05) is 6.61 Å². The zero-order valence-corrected chi connectivity index (χ0v) is 11.1. The third-order valence-electron chi connectivity index (χ3n) is 3.10. The number of aromatic nitrogens is 1. The highest BCUT2D eigenvalue weighted by Crippen LogP contribution is 2.32. The van der Waals surface area contributed by atoms with E-state index in [9.17, 15) is 0 Å². The molecule has 0 saturated heterocycles. The smallest absolute Gasteiger partial charge is 0.161 e. The molecule has 5 nitrogen and oxygen atoms in total. The zero-order valence-electron chi connectivity index (χ0n) is 10.3. The number of nitrogens with two attached hydrogens (primary N) is 1. The maximum Gasteiger partial charge on any atom is 0.161 e. The van der Waals surface area contributed by atoms with Crippen molar-refractivity contribution in [2.24, 2.45) is 5.84 Å². The second kappa shape index (κ2) is 5.56. The van der Waals surface area contributed by atoms with Crippen LogP contribution in [0.15, 0.2) is 36.0 Å². The van der Waals surface area contributed by atoms with Gasteiger partial charge in [-0.2, -0.15) is 0 Å². The fraction of sp³-hybridized carbons (Fsp3) is 0.308. The van der Waals surface area contributed by atoms with Gasteiger partial charge in [0.15, 0.2) is 11.5 Å². The average molecular weight is 277 g/mol. The Bertz CT molecular complexity index is 532. The lowest BCUT2D eigenvalue weighted by molar-refractivity contribution is 0.0622. The van der Waals surface area contributed by atoms with Crippen LogP contribution in [0.3, 0.4) is 0 Å². The number of fused-ring (bicyclic) bond motifs is 1. The van der Waals surface area contributed by atoms with Gasteiger partial charge in [0.05, 0.1) is 11.6 Å². The number of ether oxygens (including phenoxy) is 2. The van der Waals surface area contributed by atoms with Crippen LogP contribution in [0, 0.1) is 0 Å². The van der Waals surface area contributed by atoms with E-state index in [-0.39, 0.29) is 12.1 Å². The van der Waals surface area contributed by atoms with Crippen LogP contribution in [0.2, 0.25) is 0 Å². The molecule has 2 atom stereocenters. The van der Waals surface area contributed by atoms with E-state index in [0.29, 0.717) is 6.61 Å². The topological polar surface area (TPSA) is 69.4 Å². The van der Waals surface area contributed by atoms with Crippen molar-refractivity contribution in [2.45, 2.75) is 18.6 Å². The molecule has 0 spiro atoms. The molecule has 1 aliphatic rings. The standard InChI is InChI=1S/C13H15N3O2S/c14-16-10(5-9-6-15-8-19-9)13-7-17-11-3-1-2-4-12(11)18-13/h1-4,6,8,10,13,16H,5,7,14H2. The zero-order chi connectivity index (χ0) is 13.1. The summed E-state index contributed by atoms with van der Waals surface area (Å²) < 4.78 is 11.7. The summed E-state index contributed by atoms with van der Waals surface area (Å²) in [6.07, 6.45) is 2.52. The Kier molecular flexibility index (Phi) is 3.63. The van der Waals surface area contributed by atoms with E-state index in [1.807, 2.05) is 36.0 Å². The molecule has 0 saturated carbocycles. The molecule has 0 amide bonds. The van der Waals surface area contributed by atoms with Gasteiger partial charge < -0.3 is 9.47 Å². The number of benzene rings is 1. The Morgan fingerprint density at radius 3 is 3.00 bits per heavy atom. The molecular formula is C13H15N3O2S. The number of thiazole rings is 1. The van der Waals surface area contributed by atoms with Crippen molar-refractivity contribution in [1.82, 2.24) is 10.4 Å². The highest BCUT2D eigenvalue weighted by atomic mass is 32.1. The summed E-state index contributed by atoms with van der Waals surface area (Å²) in [6.45, 7) is 0.491. The van der Waals surface area contributed by atoms with E-state index in [0.717, 1.165) is 17.9 Å². The molecule has 0 fully saturated rings. The number of hydrazine groups is 1. The first kappa shape index (κ1) is 12.4. The van der Waals surface area contributed by atoms with Crippen molar-refractivity contribution < 1.29 is 9.47 Å². The first-order valence-corrected chi connectivity index (χ1v) is 6.97. The fourth-order valence-corrected chi connectivity index (χ4v) is 2.75. The minimum Gasteiger partial charge on any atom is -0.486 e. The van der Waals surface area contributed by atoms with Gasteiger partial charge in [-0.15, -0.1) is 11.3 Å². The number of nitrogens with zero attached hydrogens (tertiary/aromatic N) is 1. The van der Waals surface area contributed by atoms with Crippen molar-refractivity contribution >= 4 is 11.3 Å². The molecule has 0 bridgehead atoms. The quantitative estimate of drug-likeness (QED) is 0.652. The Labute approximate surface area is 115 Å². The number of para-hydroxylation sites is 2. The summed E-state index contributed by atoms with van der Waals surface area (Å²) in [6, 6.07) is 7.66. The molecule has 19 heavy (non-hydrogen) atoms. The second-order valence-electron chi connectivity index (χ2n) is 4.36. The summed E-state index contributed by atoms with van der Waals surface area (Å²) in [7, 11) is 0. The van der Waals surface area contributed by atoms with Crippen molar-refractivity contribution in [3.05, 3.63) is 40.8 Å². The van der Waals surface area contributed by atoms with E-state index in [2.05, 4.69) is 10.4 Å². The van der Waals surface area contributed by atoms with Crippen LogP contribution in [0.1, 0.15) is 4.88 Å². The van der Waals surface area contributed by atoms with Crippen molar-refractivity contribution in [1.29, 1.82) is 0 Å². The third kappa shape index (κ3) is 2.70. The van der Waals surface area contributed by atoms with Gasteiger partial charge >= 0.3 is 0 Å². The molecule has 3 rings (SSSR count). The van der Waals surface area contributed by atoms with Crippen LogP contribution in [-0.2, 0) is 6.42 Å². The predicted molar refractivity (Wildman–Crippen MR) is 73.3 cm³/mol. The number of nitrogens with one attached hydrogen (secondary N) is 1. The van der Waals surface area contributed by atoms with E-state index in [1.165, 1.54) is 4.88 Å². The molecule has 100 valence electrons. The highest BCUT2D eigenvalue weighted by molar-refractivity contribution is 7.09. The van der Waals surface area contributed by atoms with E-state index >= 15 is 0 Å². The lowest BCUT2D eigenvalue weighted by Crippen LogP contribution is -2.51. The Morgan fingerprint density at radius 2 is 2.26 bits per heavy atom. The van der Waals surface area contributed by atoms with Gasteiger partial charge in [0.25, 0.3) is 0 Å². The summed E-state index contributed by atoms with van der Waals surface area (Å²) in [4.78, 5) is 5.24. The Hall–Kier alpha value is -1.63. The third-order valence-corrected chi connectivity index (χ3v) is 3.90. The molecule has 2 aromatic rings. The molecule has 2 heterocycles. The van der Waals surface area contributed by atoms with E-state index < -0.39 is 0 Å². The van der Waals surface area contributed by atoms with Gasteiger partial charge in [-0.05, 0) is 12.1 Å². The summed E-state index contributed by atoms with van der Waals surface area (Å²) >= 11 is 1.61. The molecule has 2 unspecified atom stereocenters. The van der Waals surface area contributed by atoms with Crippen molar-refractivity contribution in [3.8, 4) is 11.5 Å². The van der Waals surface area contributed by atoms with Gasteiger partial charge in [0, 0.05) is 17.5 Å². The van der Waals surface area contributed by atoms with Crippen LogP contribution in [0.5, 0.6) is 11.5 Å². The van der Waals surface area contributed by atoms with Gasteiger partial charge in [0.2, 0.25) is 0 Å². The predicted octanol–water partition coefficient (Wildman–Crippen LogP) is 1.36. The minimum atomic E-state index is -0.109. The molecule has 1 aromatic heterocycles. The van der Waals surface area contributed by atoms with Crippen LogP contribution < -0.4 is 20.7 Å². The number of hydrogen-bond donors (Lipinski definition) is 2. The summed E-state index contributed by atoms with van der Waals surface area (Å²) in [5.74, 6) is 7.19. The molecule has 6 heteroatoms. The molecule has 1 aliphatic heterocycles. The van der Waals surface area contributed by atoms with Gasteiger partial charge in [-0.3, -0.25) is 16.3 Å². The summed E-state index contributed by atoms with van der Waals surface area (Å²) in [5, 5.41) is 0. The number of rotatable bonds is 4. The monoisotopic (exact) mass is 277 g/mol. The molecule has 0 aliphatic carbocycles. The maximum atomic E-state index is 5.95. The van der Waals surface area contributed by atoms with Crippen LogP contribution in [-0.4, -0.2) is 23.7 Å². The molecule has 1 aromatic carbocycles. The normalized spacial score (nSPS) is 19.1. The lowest BCUT2D eigenvalue weighted by atomic mass is 10.1. The van der Waals surface area contributed by atoms with Crippen LogP contribution in [0.25, 0.3) is 0 Å². The SMILES string of the molecule is NNC(Cc1cncs1)C1COc2ccccc2O1. The van der Waals surface area contributed by atoms with E-state index in [1.54, 1.807) is 11.3 Å². The fourth-order valence-electron chi connectivity index (χ4n) is 2.09. The minimum absolute atomic E-state index is 0.00574. The lowest BCUT2D eigenvalue weighted by Gasteiger charge is -2.31. The van der Waals surface area contributed by atoms with Gasteiger partial charge in [0.1, 0.15) is 12.7 Å². The molecular weight excluding hydrogens is 262 g/mol. The largest absolute Gasteiger partial charge is 0.486 e. The molecule has 0 radical (unpaired) electrons. The van der Waals surface area contributed by atoms with Gasteiger partial charge in [-0.1, -0.05) is 12.1 Å². The first-order chi connectivity index (χ1) is 9.36. The summed E-state index contributed by atoms with van der Waals surface area (Å²) in [5.41, 5.74) is 4.63. The second-order valence-corrected chi connectivity index (χ2v) is 5.33. The number of hydrogen-bond acceptors (Lipinski definition) is 6. The Balaban J connectivity index is 1.72. The highest BCUT2D eigenvalue weighted by Gasteiger charge is 2.28. The van der Waals surface area contributed by atoms with Gasteiger partial charge in [-0.25, -0.2) is 0 Å². The molecule has 3 N–H and O–H groups in total. The average Bonchev–Trinajstić information content (AvgIpc) is 2.97.